The molecule has 34 heavy (non-hydrogen) atoms. The minimum atomic E-state index is -0.506. The van der Waals surface area contributed by atoms with E-state index in [9.17, 15) is 9.18 Å². The maximum atomic E-state index is 14.4. The Morgan fingerprint density at radius 1 is 1.26 bits per heavy atom. The first-order valence-electron chi connectivity index (χ1n) is 11.1. The Morgan fingerprint density at radius 3 is 3.06 bits per heavy atom. The molecule has 0 radical (unpaired) electrons. The lowest BCUT2D eigenvalue weighted by Gasteiger charge is -2.23. The Hall–Kier alpha value is -3.85. The molecule has 2 aliphatic heterocycles. The van der Waals surface area contributed by atoms with Crippen LogP contribution < -0.4 is 20.1 Å². The van der Waals surface area contributed by atoms with Crippen molar-refractivity contribution in [2.75, 3.05) is 38.8 Å². The van der Waals surface area contributed by atoms with Crippen LogP contribution in [-0.2, 0) is 4.74 Å². The number of fused-ring (bicyclic) bond motifs is 3. The van der Waals surface area contributed by atoms with E-state index in [2.05, 4.69) is 20.6 Å². The SMILES string of the molecule is COc1c(F)cccc1Nc1c2[nH]c3c1C(=O)NC[C@@H]3COC/C=C\CCOc1cnccc1-2. The van der Waals surface area contributed by atoms with Gasteiger partial charge >= 0.3 is 0 Å². The summed E-state index contributed by atoms with van der Waals surface area (Å²) < 4.78 is 31.6. The summed E-state index contributed by atoms with van der Waals surface area (Å²) >= 11 is 0. The largest absolute Gasteiger partial charge is 0.492 e. The molecular weight excluding hydrogens is 439 g/mol. The number of halogens is 1. The van der Waals surface area contributed by atoms with Gasteiger partial charge in [0.25, 0.3) is 5.91 Å². The standard InChI is InChI=1S/C25H25FN4O4/c1-32-24-17(26)6-5-7-18(24)29-23-20-21-15(12-28-25(20)31)14-33-10-3-2-4-11-34-19-13-27-9-8-16(19)22(23)30-21/h2-3,5-9,13,15,29-30H,4,10-12,14H2,1H3,(H,28,31)/b3-2-/t15-/m1/s1. The quantitative estimate of drug-likeness (QED) is 0.504. The zero-order valence-electron chi connectivity index (χ0n) is 18.7. The number of hydrogen-bond donors (Lipinski definition) is 3. The summed E-state index contributed by atoms with van der Waals surface area (Å²) in [6, 6.07) is 6.43. The van der Waals surface area contributed by atoms with Gasteiger partial charge in [0.1, 0.15) is 5.75 Å². The van der Waals surface area contributed by atoms with Crippen molar-refractivity contribution in [2.24, 2.45) is 0 Å². The maximum absolute atomic E-state index is 14.4. The Kier molecular flexibility index (Phi) is 6.18. The number of hydrogen-bond acceptors (Lipinski definition) is 6. The third-order valence-electron chi connectivity index (χ3n) is 5.90. The predicted molar refractivity (Wildman–Crippen MR) is 125 cm³/mol. The summed E-state index contributed by atoms with van der Waals surface area (Å²) in [5.41, 5.74) is 3.48. The number of carbonyl (C=O) groups is 1. The minimum Gasteiger partial charge on any atom is -0.492 e. The number of aromatic nitrogens is 2. The highest BCUT2D eigenvalue weighted by Gasteiger charge is 2.34. The normalized spacial score (nSPS) is 18.6. The van der Waals surface area contributed by atoms with Crippen LogP contribution in [0.2, 0.25) is 0 Å². The number of carbonyl (C=O) groups excluding carboxylic acids is 1. The van der Waals surface area contributed by atoms with E-state index in [1.54, 1.807) is 24.5 Å². The second-order valence-corrected chi connectivity index (χ2v) is 8.03. The number of anilines is 2. The van der Waals surface area contributed by atoms with Crippen molar-refractivity contribution in [1.29, 1.82) is 0 Å². The van der Waals surface area contributed by atoms with Gasteiger partial charge in [0.05, 0.1) is 55.8 Å². The molecule has 1 aromatic carbocycles. The molecule has 2 aliphatic rings. The van der Waals surface area contributed by atoms with Crippen molar-refractivity contribution >= 4 is 17.3 Å². The fourth-order valence-corrected chi connectivity index (χ4v) is 4.29. The number of amides is 1. The molecule has 2 aromatic heterocycles. The first kappa shape index (κ1) is 22.0. The lowest BCUT2D eigenvalue weighted by Crippen LogP contribution is -2.36. The van der Waals surface area contributed by atoms with Crippen molar-refractivity contribution in [3.63, 3.8) is 0 Å². The molecule has 1 amide bonds. The van der Waals surface area contributed by atoms with Crippen LogP contribution in [-0.4, -0.2) is 49.4 Å². The van der Waals surface area contributed by atoms with Crippen LogP contribution in [0.3, 0.4) is 0 Å². The predicted octanol–water partition coefficient (Wildman–Crippen LogP) is 4.15. The van der Waals surface area contributed by atoms with Crippen LogP contribution in [0, 0.1) is 5.82 Å². The molecule has 1 atom stereocenters. The number of nitrogens with one attached hydrogen (secondary N) is 3. The van der Waals surface area contributed by atoms with E-state index in [-0.39, 0.29) is 17.6 Å². The molecule has 8 nitrogen and oxygen atoms in total. The first-order chi connectivity index (χ1) is 16.7. The molecule has 0 saturated carbocycles. The molecule has 0 aliphatic carbocycles. The van der Waals surface area contributed by atoms with Crippen molar-refractivity contribution in [2.45, 2.75) is 12.3 Å². The Balaban J connectivity index is 1.70. The highest BCUT2D eigenvalue weighted by atomic mass is 19.1. The smallest absolute Gasteiger partial charge is 0.255 e. The lowest BCUT2D eigenvalue weighted by molar-refractivity contribution is 0.0916. The van der Waals surface area contributed by atoms with Crippen LogP contribution in [0.25, 0.3) is 11.3 Å². The summed E-state index contributed by atoms with van der Waals surface area (Å²) in [5.74, 6) is -0.184. The van der Waals surface area contributed by atoms with E-state index in [1.165, 1.54) is 13.2 Å². The van der Waals surface area contributed by atoms with E-state index in [4.69, 9.17) is 14.2 Å². The van der Waals surface area contributed by atoms with Gasteiger partial charge in [0, 0.05) is 29.9 Å². The van der Waals surface area contributed by atoms with E-state index in [1.807, 2.05) is 18.2 Å². The molecule has 176 valence electrons. The molecule has 0 spiro atoms. The average Bonchev–Trinajstić information content (AvgIpc) is 3.22. The highest BCUT2D eigenvalue weighted by Crippen LogP contribution is 2.43. The minimum absolute atomic E-state index is 0.0580. The molecular formula is C25H25FN4O4. The number of ether oxygens (including phenoxy) is 3. The summed E-state index contributed by atoms with van der Waals surface area (Å²) in [6.07, 6.45) is 8.01. The number of rotatable bonds is 3. The van der Waals surface area contributed by atoms with Gasteiger partial charge in [-0.2, -0.15) is 0 Å². The third-order valence-corrected chi connectivity index (χ3v) is 5.90. The van der Waals surface area contributed by atoms with Crippen molar-refractivity contribution < 1.29 is 23.4 Å². The van der Waals surface area contributed by atoms with Crippen LogP contribution in [0.5, 0.6) is 11.5 Å². The van der Waals surface area contributed by atoms with Gasteiger partial charge in [-0.1, -0.05) is 18.2 Å². The number of benzene rings is 1. The first-order valence-corrected chi connectivity index (χ1v) is 11.1. The molecule has 0 saturated heterocycles. The molecule has 0 unspecified atom stereocenters. The van der Waals surface area contributed by atoms with E-state index in [0.717, 1.165) is 11.3 Å². The van der Waals surface area contributed by atoms with Crippen LogP contribution >= 0.6 is 0 Å². The van der Waals surface area contributed by atoms with Gasteiger partial charge in [0.15, 0.2) is 11.6 Å². The van der Waals surface area contributed by atoms with E-state index >= 15 is 0 Å². The molecule has 0 fully saturated rings. The van der Waals surface area contributed by atoms with Gasteiger partial charge in [-0.3, -0.25) is 9.78 Å². The third kappa shape index (κ3) is 4.10. The number of methoxy groups -OCH3 is 1. The topological polar surface area (TPSA) is 97.5 Å². The number of nitrogens with zero attached hydrogens (tertiary/aromatic N) is 1. The van der Waals surface area contributed by atoms with E-state index < -0.39 is 5.82 Å². The molecule has 2 bridgehead atoms. The number of H-pyrrole nitrogens is 1. The zero-order chi connectivity index (χ0) is 23.5. The fraction of sp³-hybridized carbons (Fsp3) is 0.280. The Bertz CT molecular complexity index is 1240. The number of para-hydroxylation sites is 1. The number of aromatic amines is 1. The van der Waals surface area contributed by atoms with Gasteiger partial charge in [-0.15, -0.1) is 0 Å². The summed E-state index contributed by atoms with van der Waals surface area (Å²) in [4.78, 5) is 20.8. The maximum Gasteiger partial charge on any atom is 0.255 e. The Labute approximate surface area is 196 Å². The van der Waals surface area contributed by atoms with Crippen LogP contribution in [0.4, 0.5) is 15.8 Å². The van der Waals surface area contributed by atoms with Crippen molar-refractivity contribution in [3.8, 4) is 22.8 Å². The van der Waals surface area contributed by atoms with E-state index in [0.29, 0.717) is 61.2 Å². The summed E-state index contributed by atoms with van der Waals surface area (Å²) in [6.45, 7) is 1.80. The molecule has 3 N–H and O–H groups in total. The molecule has 9 heteroatoms. The van der Waals surface area contributed by atoms with Gasteiger partial charge in [-0.25, -0.2) is 4.39 Å². The molecule has 5 rings (SSSR count). The Morgan fingerprint density at radius 2 is 2.18 bits per heavy atom. The summed E-state index contributed by atoms with van der Waals surface area (Å²) in [7, 11) is 1.40. The second kappa shape index (κ2) is 9.56. The molecule has 3 aromatic rings. The second-order valence-electron chi connectivity index (χ2n) is 8.03. The van der Waals surface area contributed by atoms with Crippen LogP contribution in [0.1, 0.15) is 28.4 Å². The van der Waals surface area contributed by atoms with Gasteiger partial charge in [0.2, 0.25) is 0 Å². The fourth-order valence-electron chi connectivity index (χ4n) is 4.29. The molecule has 4 heterocycles. The van der Waals surface area contributed by atoms with Crippen molar-refractivity contribution in [3.05, 3.63) is 65.9 Å². The highest BCUT2D eigenvalue weighted by molar-refractivity contribution is 6.07. The van der Waals surface area contributed by atoms with Crippen LogP contribution in [0.15, 0.2) is 48.8 Å². The van der Waals surface area contributed by atoms with Crippen molar-refractivity contribution in [1.82, 2.24) is 15.3 Å². The zero-order valence-corrected chi connectivity index (χ0v) is 18.7. The monoisotopic (exact) mass is 464 g/mol. The van der Waals surface area contributed by atoms with Gasteiger partial charge < -0.3 is 29.8 Å². The average molecular weight is 464 g/mol. The summed E-state index contributed by atoms with van der Waals surface area (Å²) in [5, 5.41) is 6.21. The van der Waals surface area contributed by atoms with Gasteiger partial charge in [-0.05, 0) is 24.6 Å². The lowest BCUT2D eigenvalue weighted by atomic mass is 9.97. The number of pyridine rings is 1.